The fraction of sp³-hybridized carbons (Fsp3) is 0.818. The molecule has 0 N–H and O–H groups in total. The number of hydrogen-bond donors (Lipinski definition) is 0. The van der Waals surface area contributed by atoms with E-state index in [-0.39, 0.29) is 55.3 Å². The quantitative estimate of drug-likeness (QED) is 0.546. The van der Waals surface area contributed by atoms with E-state index in [4.69, 9.17) is 4.79 Å². The van der Waals surface area contributed by atoms with Gasteiger partial charge in [-0.3, -0.25) is 6.29 Å². The van der Waals surface area contributed by atoms with Crippen LogP contribution in [-0.2, 0) is 4.79 Å². The summed E-state index contributed by atoms with van der Waals surface area (Å²) in [6.07, 6.45) is -0.960. The van der Waals surface area contributed by atoms with Crippen LogP contribution in [0.1, 0.15) is 40.0 Å². The van der Waals surface area contributed by atoms with Crippen molar-refractivity contribution in [3.05, 3.63) is 5.92 Å². The van der Waals surface area contributed by atoms with Gasteiger partial charge >= 0.3 is 31.1 Å². The van der Waals surface area contributed by atoms with E-state index < -0.39 is 6.18 Å². The van der Waals surface area contributed by atoms with Crippen molar-refractivity contribution in [1.82, 2.24) is 0 Å². The normalized spacial score (nSPS) is 25.4. The van der Waals surface area contributed by atoms with Crippen molar-refractivity contribution in [3.63, 3.8) is 0 Å². The standard InChI is InChI=1S/C9H14F3.C2H3O.U/c1-3-7-4-6(2)5-8(7)9(10,11)12;1-2-3;/h6-7H,3-5H2,1-2H3;1H3;/q2*-1;+2. The van der Waals surface area contributed by atoms with E-state index in [0.29, 0.717) is 12.8 Å². The summed E-state index contributed by atoms with van der Waals surface area (Å²) in [6.45, 7) is 5.04. The van der Waals surface area contributed by atoms with Crippen LogP contribution in [0.5, 0.6) is 0 Å². The Morgan fingerprint density at radius 1 is 1.44 bits per heavy atom. The SMILES string of the molecule is CCC1CC(C)C[C-]1C(F)(F)F.C[C-]=O.[U+2]. The zero-order valence-corrected chi connectivity index (χ0v) is 14.0. The molecule has 92 valence electrons. The van der Waals surface area contributed by atoms with Crippen LogP contribution in [0.4, 0.5) is 13.2 Å². The van der Waals surface area contributed by atoms with Crippen LogP contribution >= 0.6 is 0 Å². The molecule has 0 radical (unpaired) electrons. The number of hydrogen-bond acceptors (Lipinski definition) is 1. The van der Waals surface area contributed by atoms with Crippen molar-refractivity contribution in [2.75, 3.05) is 0 Å². The minimum atomic E-state index is -4.05. The average molecular weight is 460 g/mol. The summed E-state index contributed by atoms with van der Waals surface area (Å²) >= 11 is 0. The molecule has 16 heavy (non-hydrogen) atoms. The number of halogens is 3. The van der Waals surface area contributed by atoms with Gasteiger partial charge in [0, 0.05) is 0 Å². The molecule has 1 rings (SSSR count). The molecule has 1 fully saturated rings. The van der Waals surface area contributed by atoms with Gasteiger partial charge in [0.15, 0.2) is 0 Å². The first-order chi connectivity index (χ1) is 6.86. The second-order valence-electron chi connectivity index (χ2n) is 3.88. The first-order valence-electron chi connectivity index (χ1n) is 5.08. The maximum atomic E-state index is 12.3. The van der Waals surface area contributed by atoms with Gasteiger partial charge in [-0.2, -0.15) is 19.3 Å². The Labute approximate surface area is 119 Å². The third-order valence-electron chi connectivity index (χ3n) is 2.60. The third-order valence-corrected chi connectivity index (χ3v) is 2.60. The molecular weight excluding hydrogens is 443 g/mol. The molecule has 0 amide bonds. The number of alkyl halides is 3. The van der Waals surface area contributed by atoms with E-state index in [1.54, 1.807) is 0 Å². The molecule has 2 unspecified atom stereocenters. The van der Waals surface area contributed by atoms with Gasteiger partial charge in [0.1, 0.15) is 0 Å². The van der Waals surface area contributed by atoms with Crippen molar-refractivity contribution in [2.45, 2.75) is 46.2 Å². The molecule has 0 aromatic carbocycles. The van der Waals surface area contributed by atoms with E-state index >= 15 is 0 Å². The summed E-state index contributed by atoms with van der Waals surface area (Å²) in [5.74, 6) is -0.177. The van der Waals surface area contributed by atoms with Gasteiger partial charge in [-0.25, -0.2) is 19.1 Å². The first kappa shape index (κ1) is 18.9. The second kappa shape index (κ2) is 8.58. The van der Waals surface area contributed by atoms with Gasteiger partial charge < -0.3 is 4.79 Å². The van der Waals surface area contributed by atoms with Crippen LogP contribution in [0.3, 0.4) is 0 Å². The third kappa shape index (κ3) is 6.30. The van der Waals surface area contributed by atoms with Crippen molar-refractivity contribution in [1.29, 1.82) is 0 Å². The average Bonchev–Trinajstić information content (AvgIpc) is 2.47. The molecule has 0 aliphatic heterocycles. The largest absolute Gasteiger partial charge is 2.00 e. The Hall–Kier alpha value is 0.512. The van der Waals surface area contributed by atoms with Crippen LogP contribution in [0.2, 0.25) is 0 Å². The minimum absolute atomic E-state index is 0. The molecule has 0 bridgehead atoms. The van der Waals surface area contributed by atoms with E-state index in [2.05, 4.69) is 0 Å². The molecule has 2 atom stereocenters. The van der Waals surface area contributed by atoms with Gasteiger partial charge in [0.05, 0.1) is 0 Å². The van der Waals surface area contributed by atoms with Gasteiger partial charge in [0.2, 0.25) is 0 Å². The van der Waals surface area contributed by atoms with Crippen LogP contribution in [0.15, 0.2) is 0 Å². The molecule has 0 aromatic rings. The molecule has 1 nitrogen and oxygen atoms in total. The van der Waals surface area contributed by atoms with Crippen LogP contribution in [0.25, 0.3) is 0 Å². The van der Waals surface area contributed by atoms with E-state index in [0.717, 1.165) is 0 Å². The topological polar surface area (TPSA) is 17.1 Å². The molecule has 1 aliphatic carbocycles. The van der Waals surface area contributed by atoms with Crippen LogP contribution in [-0.4, -0.2) is 12.5 Å². The maximum absolute atomic E-state index is 12.3. The molecular formula is C11H17F3OU. The fourth-order valence-corrected chi connectivity index (χ4v) is 2.01. The van der Waals surface area contributed by atoms with E-state index in [1.807, 2.05) is 13.8 Å². The van der Waals surface area contributed by atoms with Gasteiger partial charge in [-0.1, -0.05) is 32.6 Å². The Morgan fingerprint density at radius 3 is 2.12 bits per heavy atom. The summed E-state index contributed by atoms with van der Waals surface area (Å²) in [7, 11) is 0. The Bertz CT molecular complexity index is 194. The summed E-state index contributed by atoms with van der Waals surface area (Å²) in [6, 6.07) is 0. The Morgan fingerprint density at radius 2 is 1.88 bits per heavy atom. The predicted molar refractivity (Wildman–Crippen MR) is 52.8 cm³/mol. The van der Waals surface area contributed by atoms with Crippen molar-refractivity contribution in [3.8, 4) is 0 Å². The second-order valence-corrected chi connectivity index (χ2v) is 3.88. The molecule has 0 spiro atoms. The molecule has 1 aliphatic rings. The van der Waals surface area contributed by atoms with Crippen molar-refractivity contribution < 1.29 is 49.1 Å². The van der Waals surface area contributed by atoms with Crippen LogP contribution in [0, 0.1) is 48.9 Å². The summed E-state index contributed by atoms with van der Waals surface area (Å²) in [5, 5.41) is 0. The molecule has 0 aromatic heterocycles. The van der Waals surface area contributed by atoms with Crippen molar-refractivity contribution >= 4 is 6.29 Å². The number of carbonyl (C=O) groups excluding carboxylic acids is 1. The zero-order valence-electron chi connectivity index (χ0n) is 9.82. The smallest absolute Gasteiger partial charge is 0.542 e. The fourth-order valence-electron chi connectivity index (χ4n) is 2.01. The molecule has 0 saturated heterocycles. The van der Waals surface area contributed by atoms with Crippen LogP contribution < -0.4 is 0 Å². The summed E-state index contributed by atoms with van der Waals surface area (Å²) < 4.78 is 37.0. The first-order valence-corrected chi connectivity index (χ1v) is 5.08. The van der Waals surface area contributed by atoms with E-state index in [9.17, 15) is 13.2 Å². The predicted octanol–water partition coefficient (Wildman–Crippen LogP) is 3.70. The Kier molecular flexibility index (Phi) is 10.1. The van der Waals surface area contributed by atoms with Gasteiger partial charge in [-0.15, -0.1) is 0 Å². The Balaban J connectivity index is 0. The molecule has 5 heteroatoms. The zero-order chi connectivity index (χ0) is 12.1. The maximum Gasteiger partial charge on any atom is 2.00 e. The van der Waals surface area contributed by atoms with Gasteiger partial charge in [-0.05, 0) is 0 Å². The minimum Gasteiger partial charge on any atom is -0.542 e. The summed E-state index contributed by atoms with van der Waals surface area (Å²) in [5.41, 5.74) is 0. The van der Waals surface area contributed by atoms with Crippen molar-refractivity contribution in [2.24, 2.45) is 11.8 Å². The summed E-state index contributed by atoms with van der Waals surface area (Å²) in [4.78, 5) is 8.68. The van der Waals surface area contributed by atoms with E-state index in [1.165, 1.54) is 13.2 Å². The number of rotatable bonds is 1. The molecule has 1 saturated carbocycles. The molecule has 0 heterocycles. The monoisotopic (exact) mass is 460 g/mol. The van der Waals surface area contributed by atoms with Gasteiger partial charge in [0.25, 0.3) is 6.18 Å².